The Labute approximate surface area is 178 Å². The Hall–Kier alpha value is -3.95. The number of hydrazine groups is 1. The molecule has 0 amide bonds. The maximum atomic E-state index is 13.3. The summed E-state index contributed by atoms with van der Waals surface area (Å²) in [6, 6.07) is 21.3. The second kappa shape index (κ2) is 7.08. The van der Waals surface area contributed by atoms with Crippen LogP contribution in [-0.4, -0.2) is 22.4 Å². The predicted molar refractivity (Wildman–Crippen MR) is 122 cm³/mol. The highest BCUT2D eigenvalue weighted by Gasteiger charge is 2.21. The van der Waals surface area contributed by atoms with Crippen molar-refractivity contribution >= 4 is 43.6 Å². The number of nitrogens with zero attached hydrogens (tertiary/aromatic N) is 3. The van der Waals surface area contributed by atoms with Gasteiger partial charge in [-0.15, -0.1) is 0 Å². The lowest BCUT2D eigenvalue weighted by atomic mass is 10.0. The van der Waals surface area contributed by atoms with Gasteiger partial charge in [0.1, 0.15) is 0 Å². The second-order valence-electron chi connectivity index (χ2n) is 6.98. The second-order valence-corrected chi connectivity index (χ2v) is 8.80. The topological polar surface area (TPSA) is 129 Å². The number of rotatable bonds is 4. The van der Waals surface area contributed by atoms with Crippen LogP contribution >= 0.6 is 0 Å². The van der Waals surface area contributed by atoms with Gasteiger partial charge in [-0.05, 0) is 35.9 Å². The monoisotopic (exact) mass is 430 g/mol. The van der Waals surface area contributed by atoms with Crippen LogP contribution in [0.5, 0.6) is 0 Å². The quantitative estimate of drug-likeness (QED) is 0.294. The molecule has 5 rings (SSSR count). The highest BCUT2D eigenvalue weighted by molar-refractivity contribution is 7.90. The Balaban J connectivity index is 1.77. The van der Waals surface area contributed by atoms with Gasteiger partial charge in [0.05, 0.1) is 15.9 Å². The lowest BCUT2D eigenvalue weighted by Crippen LogP contribution is -2.11. The van der Waals surface area contributed by atoms with Crippen LogP contribution in [0, 0.1) is 0 Å². The van der Waals surface area contributed by atoms with Gasteiger partial charge in [-0.1, -0.05) is 42.5 Å². The van der Waals surface area contributed by atoms with Gasteiger partial charge >= 0.3 is 0 Å². The summed E-state index contributed by atoms with van der Waals surface area (Å²) in [7, 11) is -3.77. The first-order valence-electron chi connectivity index (χ1n) is 9.44. The summed E-state index contributed by atoms with van der Waals surface area (Å²) >= 11 is 0. The number of para-hydroxylation sites is 1. The Morgan fingerprint density at radius 2 is 1.61 bits per heavy atom. The molecule has 0 saturated heterocycles. The summed E-state index contributed by atoms with van der Waals surface area (Å²) < 4.78 is 28.0. The van der Waals surface area contributed by atoms with Crippen molar-refractivity contribution in [1.29, 1.82) is 0 Å². The molecule has 0 aliphatic rings. The van der Waals surface area contributed by atoms with Crippen molar-refractivity contribution in [3.63, 3.8) is 0 Å². The van der Waals surface area contributed by atoms with Gasteiger partial charge in [0.2, 0.25) is 5.95 Å². The maximum absolute atomic E-state index is 13.3. The maximum Gasteiger partial charge on any atom is 0.268 e. The standard InChI is InChI=1S/C22H18N6O2S/c23-22-25-19-11-10-14(12-17(19)21(26-22)27-24)18-13-28(20-9-5-4-8-16(18)20)31(29,30)15-6-2-1-3-7-15/h1-13H,24H2,(H3,23,25,26,27). The van der Waals surface area contributed by atoms with E-state index in [1.165, 1.54) is 3.97 Å². The van der Waals surface area contributed by atoms with E-state index in [0.717, 1.165) is 16.5 Å². The summed E-state index contributed by atoms with van der Waals surface area (Å²) in [5.41, 5.74) is 11.1. The molecule has 0 saturated carbocycles. The first-order valence-corrected chi connectivity index (χ1v) is 10.9. The van der Waals surface area contributed by atoms with Gasteiger partial charge < -0.3 is 11.2 Å². The minimum absolute atomic E-state index is 0.110. The molecule has 31 heavy (non-hydrogen) atoms. The molecule has 154 valence electrons. The van der Waals surface area contributed by atoms with Crippen LogP contribution in [0.1, 0.15) is 0 Å². The highest BCUT2D eigenvalue weighted by Crippen LogP contribution is 2.35. The minimum atomic E-state index is -3.77. The summed E-state index contributed by atoms with van der Waals surface area (Å²) in [5, 5.41) is 1.48. The third-order valence-corrected chi connectivity index (χ3v) is 6.83. The molecule has 0 fully saturated rings. The molecule has 5 aromatic rings. The fourth-order valence-corrected chi connectivity index (χ4v) is 5.10. The van der Waals surface area contributed by atoms with Crippen molar-refractivity contribution in [3.8, 4) is 11.1 Å². The lowest BCUT2D eigenvalue weighted by molar-refractivity contribution is 0.589. The largest absolute Gasteiger partial charge is 0.368 e. The SMILES string of the molecule is NNc1nc(N)nc2ccc(-c3cn(S(=O)(=O)c4ccccc4)c4ccccc34)cc12. The molecule has 2 aromatic heterocycles. The van der Waals surface area contributed by atoms with Crippen LogP contribution in [0.15, 0.2) is 83.9 Å². The number of aromatic nitrogens is 3. The third-order valence-electron chi connectivity index (χ3n) is 5.14. The average Bonchev–Trinajstić information content (AvgIpc) is 3.19. The van der Waals surface area contributed by atoms with Crippen LogP contribution in [0.4, 0.5) is 11.8 Å². The number of nitrogens with two attached hydrogens (primary N) is 2. The van der Waals surface area contributed by atoms with Gasteiger partial charge in [0, 0.05) is 22.5 Å². The van der Waals surface area contributed by atoms with Crippen LogP contribution in [0.25, 0.3) is 32.9 Å². The summed E-state index contributed by atoms with van der Waals surface area (Å²) in [5.74, 6) is 6.11. The van der Waals surface area contributed by atoms with E-state index in [-0.39, 0.29) is 10.8 Å². The first-order chi connectivity index (χ1) is 15.0. The molecule has 0 bridgehead atoms. The number of nitrogens with one attached hydrogen (secondary N) is 1. The molecule has 0 spiro atoms. The molecule has 5 N–H and O–H groups in total. The zero-order valence-corrected chi connectivity index (χ0v) is 17.0. The summed E-state index contributed by atoms with van der Waals surface area (Å²) in [6.45, 7) is 0. The number of fused-ring (bicyclic) bond motifs is 2. The Kier molecular flexibility index (Phi) is 4.35. The Morgan fingerprint density at radius 3 is 2.39 bits per heavy atom. The van der Waals surface area contributed by atoms with Crippen molar-refractivity contribution in [2.24, 2.45) is 5.84 Å². The van der Waals surface area contributed by atoms with E-state index in [9.17, 15) is 8.42 Å². The van der Waals surface area contributed by atoms with Gasteiger partial charge in [-0.3, -0.25) is 0 Å². The van der Waals surface area contributed by atoms with Gasteiger partial charge in [-0.25, -0.2) is 23.2 Å². The Bertz CT molecular complexity index is 1550. The highest BCUT2D eigenvalue weighted by atomic mass is 32.2. The molecule has 0 radical (unpaired) electrons. The average molecular weight is 430 g/mol. The third kappa shape index (κ3) is 3.07. The molecule has 0 aliphatic heterocycles. The molecule has 0 atom stereocenters. The smallest absolute Gasteiger partial charge is 0.268 e. The van der Waals surface area contributed by atoms with Gasteiger partial charge in [0.15, 0.2) is 5.82 Å². The number of nitrogen functional groups attached to an aromatic ring is 2. The van der Waals surface area contributed by atoms with E-state index in [1.54, 1.807) is 48.7 Å². The van der Waals surface area contributed by atoms with Crippen molar-refractivity contribution in [3.05, 3.63) is 79.0 Å². The molecule has 8 nitrogen and oxygen atoms in total. The van der Waals surface area contributed by atoms with Crippen LogP contribution in [0.2, 0.25) is 0 Å². The molecular weight excluding hydrogens is 412 g/mol. The molecule has 3 aromatic carbocycles. The number of benzene rings is 3. The van der Waals surface area contributed by atoms with Crippen molar-refractivity contribution < 1.29 is 8.42 Å². The lowest BCUT2D eigenvalue weighted by Gasteiger charge is -2.08. The number of hydrogen-bond donors (Lipinski definition) is 3. The molecule has 9 heteroatoms. The fraction of sp³-hybridized carbons (Fsp3) is 0. The molecule has 2 heterocycles. The summed E-state index contributed by atoms with van der Waals surface area (Å²) in [6.07, 6.45) is 1.64. The summed E-state index contributed by atoms with van der Waals surface area (Å²) in [4.78, 5) is 8.59. The van der Waals surface area contributed by atoms with Crippen molar-refractivity contribution in [1.82, 2.24) is 13.9 Å². The Morgan fingerprint density at radius 1 is 0.871 bits per heavy atom. The predicted octanol–water partition coefficient (Wildman–Crippen LogP) is 3.36. The fourth-order valence-electron chi connectivity index (χ4n) is 3.71. The van der Waals surface area contributed by atoms with E-state index < -0.39 is 10.0 Å². The molecule has 0 aliphatic carbocycles. The van der Waals surface area contributed by atoms with Crippen LogP contribution < -0.4 is 17.0 Å². The van der Waals surface area contributed by atoms with Gasteiger partial charge in [0.25, 0.3) is 10.0 Å². The van der Waals surface area contributed by atoms with Crippen LogP contribution in [-0.2, 0) is 10.0 Å². The van der Waals surface area contributed by atoms with E-state index in [4.69, 9.17) is 11.6 Å². The van der Waals surface area contributed by atoms with Crippen LogP contribution in [0.3, 0.4) is 0 Å². The van der Waals surface area contributed by atoms with Gasteiger partial charge in [-0.2, -0.15) is 4.98 Å². The minimum Gasteiger partial charge on any atom is -0.368 e. The zero-order valence-electron chi connectivity index (χ0n) is 16.2. The van der Waals surface area contributed by atoms with E-state index in [0.29, 0.717) is 22.2 Å². The number of hydrogen-bond acceptors (Lipinski definition) is 7. The van der Waals surface area contributed by atoms with Crippen molar-refractivity contribution in [2.75, 3.05) is 11.2 Å². The van der Waals surface area contributed by atoms with E-state index >= 15 is 0 Å². The van der Waals surface area contributed by atoms with E-state index in [1.807, 2.05) is 30.3 Å². The van der Waals surface area contributed by atoms with E-state index in [2.05, 4.69) is 15.4 Å². The molecule has 0 unspecified atom stereocenters. The molecular formula is C22H18N6O2S. The zero-order chi connectivity index (χ0) is 21.6. The normalized spacial score (nSPS) is 11.8. The first kappa shape index (κ1) is 19.0. The number of anilines is 2. The van der Waals surface area contributed by atoms with Crippen molar-refractivity contribution in [2.45, 2.75) is 4.90 Å².